The fraction of sp³-hybridized carbons (Fsp3) is 0.667. The van der Waals surface area contributed by atoms with Crippen LogP contribution >= 0.6 is 0 Å². The lowest BCUT2D eigenvalue weighted by Crippen LogP contribution is -2.47. The molecule has 2 rings (SSSR count). The second kappa shape index (κ2) is 3.62. The lowest BCUT2D eigenvalue weighted by molar-refractivity contribution is -0.149. The van der Waals surface area contributed by atoms with E-state index in [1.165, 1.54) is 6.39 Å². The molecule has 6 nitrogen and oxygen atoms in total. The first kappa shape index (κ1) is 10.1. The lowest BCUT2D eigenvalue weighted by Gasteiger charge is -2.29. The number of carboxylic acids is 1. The second-order valence-electron chi connectivity index (χ2n) is 3.95. The normalized spacial score (nSPS) is 27.0. The van der Waals surface area contributed by atoms with Crippen LogP contribution < -0.4 is 0 Å². The summed E-state index contributed by atoms with van der Waals surface area (Å²) < 4.78 is 4.62. The van der Waals surface area contributed by atoms with E-state index in [1.54, 1.807) is 6.92 Å². The molecule has 0 aliphatic carbocycles. The van der Waals surface area contributed by atoms with Crippen molar-refractivity contribution in [3.63, 3.8) is 0 Å². The molecule has 1 fully saturated rings. The number of nitrogens with zero attached hydrogens (tertiary/aromatic N) is 3. The van der Waals surface area contributed by atoms with Gasteiger partial charge in [0.1, 0.15) is 5.54 Å². The highest BCUT2D eigenvalue weighted by Crippen LogP contribution is 2.30. The van der Waals surface area contributed by atoms with E-state index >= 15 is 0 Å². The van der Waals surface area contributed by atoms with E-state index in [0.29, 0.717) is 18.8 Å². The van der Waals surface area contributed by atoms with Gasteiger partial charge in [0.15, 0.2) is 5.82 Å². The molecule has 6 heteroatoms. The molecule has 1 aliphatic heterocycles. The zero-order valence-electron chi connectivity index (χ0n) is 8.51. The van der Waals surface area contributed by atoms with Crippen LogP contribution in [0.5, 0.6) is 0 Å². The quantitative estimate of drug-likeness (QED) is 0.784. The number of rotatable bonds is 3. The molecule has 15 heavy (non-hydrogen) atoms. The topological polar surface area (TPSA) is 79.5 Å². The summed E-state index contributed by atoms with van der Waals surface area (Å²) in [5.74, 6) is -0.257. The molecule has 0 amide bonds. The Morgan fingerprint density at radius 3 is 3.20 bits per heavy atom. The second-order valence-corrected chi connectivity index (χ2v) is 3.95. The molecular weight excluding hydrogens is 198 g/mol. The van der Waals surface area contributed by atoms with Crippen LogP contribution in [0.1, 0.15) is 25.6 Å². The minimum Gasteiger partial charge on any atom is -0.480 e. The SMILES string of the molecule is CC1(C(=O)O)CCCN1Cc1ncon1. The van der Waals surface area contributed by atoms with Gasteiger partial charge in [0.2, 0.25) is 6.39 Å². The van der Waals surface area contributed by atoms with Crippen molar-refractivity contribution < 1.29 is 14.4 Å². The van der Waals surface area contributed by atoms with Gasteiger partial charge in [-0.15, -0.1) is 0 Å². The predicted octanol–water partition coefficient (Wildman–Crippen LogP) is 0.509. The Morgan fingerprint density at radius 1 is 1.80 bits per heavy atom. The first-order valence-electron chi connectivity index (χ1n) is 4.86. The maximum Gasteiger partial charge on any atom is 0.323 e. The van der Waals surface area contributed by atoms with E-state index in [0.717, 1.165) is 13.0 Å². The molecule has 0 bridgehead atoms. The molecule has 1 saturated heterocycles. The van der Waals surface area contributed by atoms with E-state index in [9.17, 15) is 4.79 Å². The van der Waals surface area contributed by atoms with Crippen molar-refractivity contribution >= 4 is 5.97 Å². The van der Waals surface area contributed by atoms with Crippen LogP contribution in [0.15, 0.2) is 10.9 Å². The maximum atomic E-state index is 11.2. The third-order valence-corrected chi connectivity index (χ3v) is 2.99. The van der Waals surface area contributed by atoms with E-state index in [1.807, 2.05) is 4.90 Å². The molecule has 0 radical (unpaired) electrons. The van der Waals surface area contributed by atoms with Gasteiger partial charge >= 0.3 is 5.97 Å². The summed E-state index contributed by atoms with van der Waals surface area (Å²) in [5.41, 5.74) is -0.791. The third-order valence-electron chi connectivity index (χ3n) is 2.99. The van der Waals surface area contributed by atoms with Crippen molar-refractivity contribution in [1.29, 1.82) is 0 Å². The highest BCUT2D eigenvalue weighted by Gasteiger charge is 2.43. The van der Waals surface area contributed by atoms with E-state index in [2.05, 4.69) is 14.7 Å². The Labute approximate surface area is 86.9 Å². The van der Waals surface area contributed by atoms with Crippen molar-refractivity contribution in [1.82, 2.24) is 15.0 Å². The molecule has 1 atom stereocenters. The zero-order valence-corrected chi connectivity index (χ0v) is 8.51. The summed E-state index contributed by atoms with van der Waals surface area (Å²) >= 11 is 0. The predicted molar refractivity (Wildman–Crippen MR) is 50.0 cm³/mol. The van der Waals surface area contributed by atoms with Gasteiger partial charge in [0, 0.05) is 0 Å². The molecule has 1 N–H and O–H groups in total. The molecule has 2 heterocycles. The number of hydrogen-bond acceptors (Lipinski definition) is 5. The van der Waals surface area contributed by atoms with Gasteiger partial charge in [-0.05, 0) is 26.3 Å². The van der Waals surface area contributed by atoms with Crippen molar-refractivity contribution in [3.05, 3.63) is 12.2 Å². The van der Waals surface area contributed by atoms with Crippen LogP contribution in [0.3, 0.4) is 0 Å². The number of aliphatic carboxylic acids is 1. The molecule has 0 aromatic carbocycles. The van der Waals surface area contributed by atoms with Gasteiger partial charge in [0.25, 0.3) is 0 Å². The number of aromatic nitrogens is 2. The molecule has 82 valence electrons. The van der Waals surface area contributed by atoms with Gasteiger partial charge in [-0.2, -0.15) is 4.98 Å². The Hall–Kier alpha value is -1.43. The molecule has 0 spiro atoms. The summed E-state index contributed by atoms with van der Waals surface area (Å²) in [7, 11) is 0. The molecule has 1 aliphatic rings. The number of hydrogen-bond donors (Lipinski definition) is 1. The highest BCUT2D eigenvalue weighted by molar-refractivity contribution is 5.78. The first-order chi connectivity index (χ1) is 7.13. The first-order valence-corrected chi connectivity index (χ1v) is 4.86. The van der Waals surface area contributed by atoms with Crippen molar-refractivity contribution in [2.24, 2.45) is 0 Å². The fourth-order valence-electron chi connectivity index (χ4n) is 1.95. The zero-order chi connectivity index (χ0) is 10.9. The number of carbonyl (C=O) groups is 1. The monoisotopic (exact) mass is 211 g/mol. The standard InChI is InChI=1S/C9H13N3O3/c1-9(8(13)14)3-2-4-12(9)5-7-10-6-15-11-7/h6H,2-5H2,1H3,(H,13,14). The Balaban J connectivity index is 2.12. The van der Waals surface area contributed by atoms with Crippen LogP contribution in [0.25, 0.3) is 0 Å². The lowest BCUT2D eigenvalue weighted by atomic mass is 9.99. The van der Waals surface area contributed by atoms with Crippen molar-refractivity contribution in [2.45, 2.75) is 31.8 Å². The molecule has 1 unspecified atom stereocenters. The van der Waals surface area contributed by atoms with Crippen LogP contribution in [-0.2, 0) is 11.3 Å². The molecule has 0 saturated carbocycles. The Kier molecular flexibility index (Phi) is 2.44. The van der Waals surface area contributed by atoms with Gasteiger partial charge in [0.05, 0.1) is 6.54 Å². The minimum atomic E-state index is -0.791. The van der Waals surface area contributed by atoms with Crippen molar-refractivity contribution in [3.8, 4) is 0 Å². The molecular formula is C9H13N3O3. The van der Waals surface area contributed by atoms with Gasteiger partial charge in [-0.3, -0.25) is 9.69 Å². The third kappa shape index (κ3) is 1.72. The van der Waals surface area contributed by atoms with Crippen LogP contribution in [0, 0.1) is 0 Å². The summed E-state index contributed by atoms with van der Waals surface area (Å²) in [6.07, 6.45) is 2.81. The van der Waals surface area contributed by atoms with Gasteiger partial charge < -0.3 is 9.63 Å². The summed E-state index contributed by atoms with van der Waals surface area (Å²) in [6, 6.07) is 0. The van der Waals surface area contributed by atoms with E-state index in [-0.39, 0.29) is 0 Å². The molecule has 1 aromatic heterocycles. The maximum absolute atomic E-state index is 11.2. The van der Waals surface area contributed by atoms with Crippen LogP contribution in [0.2, 0.25) is 0 Å². The summed E-state index contributed by atoms with van der Waals surface area (Å²) in [4.78, 5) is 16.9. The van der Waals surface area contributed by atoms with E-state index < -0.39 is 11.5 Å². The Morgan fingerprint density at radius 2 is 2.60 bits per heavy atom. The summed E-state index contributed by atoms with van der Waals surface area (Å²) in [6.45, 7) is 2.93. The largest absolute Gasteiger partial charge is 0.480 e. The molecule has 1 aromatic rings. The smallest absolute Gasteiger partial charge is 0.323 e. The van der Waals surface area contributed by atoms with E-state index in [4.69, 9.17) is 5.11 Å². The average molecular weight is 211 g/mol. The van der Waals surface area contributed by atoms with Crippen molar-refractivity contribution in [2.75, 3.05) is 6.54 Å². The average Bonchev–Trinajstić information content (AvgIpc) is 2.78. The van der Waals surface area contributed by atoms with Gasteiger partial charge in [-0.1, -0.05) is 5.16 Å². The Bertz CT molecular complexity index is 351. The summed E-state index contributed by atoms with van der Waals surface area (Å²) in [5, 5.41) is 12.8. The number of likely N-dealkylation sites (tertiary alicyclic amines) is 1. The minimum absolute atomic E-state index is 0.430. The van der Waals surface area contributed by atoms with Crippen LogP contribution in [-0.4, -0.2) is 38.2 Å². The highest BCUT2D eigenvalue weighted by atomic mass is 16.5. The van der Waals surface area contributed by atoms with Crippen LogP contribution in [0.4, 0.5) is 0 Å². The number of carboxylic acid groups (broad SMARTS) is 1. The van der Waals surface area contributed by atoms with Gasteiger partial charge in [-0.25, -0.2) is 0 Å². The fourth-order valence-corrected chi connectivity index (χ4v) is 1.95.